The minimum Gasteiger partial charge on any atom is -0.477 e. The Morgan fingerprint density at radius 2 is 2.22 bits per heavy atom. The lowest BCUT2D eigenvalue weighted by Crippen LogP contribution is -2.08. The van der Waals surface area contributed by atoms with Crippen LogP contribution in [0.3, 0.4) is 0 Å². The smallest absolute Gasteiger partial charge is 0.218 e. The third kappa shape index (κ3) is 4.73. The molecule has 0 spiro atoms. The van der Waals surface area contributed by atoms with Crippen LogP contribution in [0, 0.1) is 0 Å². The first-order valence-corrected chi connectivity index (χ1v) is 6.54. The molecule has 0 aliphatic rings. The summed E-state index contributed by atoms with van der Waals surface area (Å²) in [5.74, 6) is 2.57. The van der Waals surface area contributed by atoms with Crippen molar-refractivity contribution in [3.8, 4) is 5.88 Å². The quantitative estimate of drug-likeness (QED) is 0.567. The van der Waals surface area contributed by atoms with Gasteiger partial charge < -0.3 is 10.1 Å². The minimum atomic E-state index is 0.287. The van der Waals surface area contributed by atoms with Gasteiger partial charge in [-0.1, -0.05) is 26.8 Å². The summed E-state index contributed by atoms with van der Waals surface area (Å²) in [6.45, 7) is 11.5. The van der Waals surface area contributed by atoms with E-state index in [1.165, 1.54) is 0 Å². The number of hydrogen-bond donors (Lipinski definition) is 1. The lowest BCUT2D eigenvalue weighted by Gasteiger charge is -2.11. The van der Waals surface area contributed by atoms with E-state index in [2.05, 4.69) is 42.6 Å². The molecule has 4 nitrogen and oxygen atoms in total. The van der Waals surface area contributed by atoms with E-state index in [4.69, 9.17) is 4.74 Å². The van der Waals surface area contributed by atoms with Gasteiger partial charge in [0.2, 0.25) is 5.88 Å². The molecule has 0 bridgehead atoms. The zero-order valence-electron chi connectivity index (χ0n) is 11.6. The fourth-order valence-corrected chi connectivity index (χ4v) is 1.37. The van der Waals surface area contributed by atoms with E-state index >= 15 is 0 Å². The lowest BCUT2D eigenvalue weighted by molar-refractivity contribution is 0.310. The van der Waals surface area contributed by atoms with E-state index in [9.17, 15) is 0 Å². The molecule has 0 saturated carbocycles. The number of nitrogens with zero attached hydrogens (tertiary/aromatic N) is 2. The number of aromatic nitrogens is 2. The Morgan fingerprint density at radius 3 is 2.83 bits per heavy atom. The molecule has 100 valence electrons. The maximum Gasteiger partial charge on any atom is 0.218 e. The van der Waals surface area contributed by atoms with Crippen LogP contribution >= 0.6 is 0 Å². The fraction of sp³-hybridized carbons (Fsp3) is 0.571. The minimum absolute atomic E-state index is 0.287. The van der Waals surface area contributed by atoms with Gasteiger partial charge in [0.15, 0.2) is 0 Å². The van der Waals surface area contributed by atoms with Gasteiger partial charge in [0.1, 0.15) is 11.6 Å². The number of rotatable bonds is 8. The van der Waals surface area contributed by atoms with Crippen LogP contribution in [0.4, 0.5) is 5.82 Å². The monoisotopic (exact) mass is 249 g/mol. The van der Waals surface area contributed by atoms with Gasteiger partial charge >= 0.3 is 0 Å². The molecule has 18 heavy (non-hydrogen) atoms. The normalized spacial score (nSPS) is 10.4. The molecule has 1 N–H and O–H groups in total. The molecule has 0 aliphatic carbocycles. The largest absolute Gasteiger partial charge is 0.477 e. The Kier molecular flexibility index (Phi) is 6.19. The Balaban J connectivity index is 2.80. The predicted octanol–water partition coefficient (Wildman–Crippen LogP) is 3.38. The highest BCUT2D eigenvalue weighted by atomic mass is 16.5. The summed E-state index contributed by atoms with van der Waals surface area (Å²) in [5.41, 5.74) is 0. The third-order valence-electron chi connectivity index (χ3n) is 2.36. The number of ether oxygens (including phenoxy) is 1. The third-order valence-corrected chi connectivity index (χ3v) is 2.36. The highest BCUT2D eigenvalue weighted by molar-refractivity contribution is 5.38. The number of anilines is 1. The second kappa shape index (κ2) is 7.69. The van der Waals surface area contributed by atoms with Crippen molar-refractivity contribution in [2.24, 2.45) is 0 Å². The van der Waals surface area contributed by atoms with E-state index in [1.54, 1.807) is 0 Å². The summed E-state index contributed by atoms with van der Waals surface area (Å²) in [4.78, 5) is 8.88. The first-order chi connectivity index (χ1) is 8.67. The summed E-state index contributed by atoms with van der Waals surface area (Å²) in [6.07, 6.45) is 3.72. The number of nitrogens with one attached hydrogen (secondary N) is 1. The van der Waals surface area contributed by atoms with Gasteiger partial charge in [0, 0.05) is 18.5 Å². The van der Waals surface area contributed by atoms with Gasteiger partial charge in [-0.15, -0.1) is 6.58 Å². The van der Waals surface area contributed by atoms with E-state index in [0.29, 0.717) is 12.5 Å². The van der Waals surface area contributed by atoms with Crippen LogP contribution in [0.1, 0.15) is 45.4 Å². The summed E-state index contributed by atoms with van der Waals surface area (Å²) in [5, 5.41) is 3.27. The van der Waals surface area contributed by atoms with Crippen molar-refractivity contribution in [1.29, 1.82) is 0 Å². The van der Waals surface area contributed by atoms with Crippen molar-refractivity contribution < 1.29 is 4.74 Å². The van der Waals surface area contributed by atoms with Gasteiger partial charge in [0.25, 0.3) is 0 Å². The first-order valence-electron chi connectivity index (χ1n) is 6.54. The van der Waals surface area contributed by atoms with Gasteiger partial charge in [-0.05, 0) is 12.8 Å². The SMILES string of the molecule is C=CCCOc1cc(NCCC)nc(C(C)C)n1. The first kappa shape index (κ1) is 14.5. The highest BCUT2D eigenvalue weighted by Gasteiger charge is 2.08. The molecule has 4 heteroatoms. The van der Waals surface area contributed by atoms with Crippen molar-refractivity contribution >= 4 is 5.82 Å². The molecule has 0 atom stereocenters. The molecule has 1 heterocycles. The molecule has 1 aromatic rings. The molecule has 1 rings (SSSR count). The molecular weight excluding hydrogens is 226 g/mol. The molecule has 0 saturated heterocycles. The summed E-state index contributed by atoms with van der Waals surface area (Å²) < 4.78 is 5.60. The molecule has 0 aliphatic heterocycles. The van der Waals surface area contributed by atoms with Crippen LogP contribution in [0.25, 0.3) is 0 Å². The van der Waals surface area contributed by atoms with Crippen LogP contribution in [0.15, 0.2) is 18.7 Å². The zero-order chi connectivity index (χ0) is 13.4. The van der Waals surface area contributed by atoms with Crippen LogP contribution in [0.2, 0.25) is 0 Å². The molecule has 0 amide bonds. The van der Waals surface area contributed by atoms with Gasteiger partial charge in [-0.3, -0.25) is 0 Å². The van der Waals surface area contributed by atoms with E-state index in [-0.39, 0.29) is 5.92 Å². The van der Waals surface area contributed by atoms with Crippen LogP contribution < -0.4 is 10.1 Å². The van der Waals surface area contributed by atoms with Crippen LogP contribution in [-0.4, -0.2) is 23.1 Å². The van der Waals surface area contributed by atoms with Crippen molar-refractivity contribution in [2.45, 2.75) is 39.5 Å². The van der Waals surface area contributed by atoms with Gasteiger partial charge in [-0.25, -0.2) is 4.98 Å². The van der Waals surface area contributed by atoms with E-state index < -0.39 is 0 Å². The Labute approximate surface area is 109 Å². The van der Waals surface area contributed by atoms with Crippen molar-refractivity contribution in [2.75, 3.05) is 18.5 Å². The van der Waals surface area contributed by atoms with Crippen LogP contribution in [-0.2, 0) is 0 Å². The second-order valence-electron chi connectivity index (χ2n) is 4.46. The number of hydrogen-bond acceptors (Lipinski definition) is 4. The second-order valence-corrected chi connectivity index (χ2v) is 4.46. The summed E-state index contributed by atoms with van der Waals surface area (Å²) >= 11 is 0. The molecule has 0 aromatic carbocycles. The van der Waals surface area contributed by atoms with Crippen molar-refractivity contribution in [3.63, 3.8) is 0 Å². The fourth-order valence-electron chi connectivity index (χ4n) is 1.37. The topological polar surface area (TPSA) is 47.0 Å². The van der Waals surface area contributed by atoms with Crippen molar-refractivity contribution in [1.82, 2.24) is 9.97 Å². The Morgan fingerprint density at radius 1 is 1.44 bits per heavy atom. The van der Waals surface area contributed by atoms with Crippen LogP contribution in [0.5, 0.6) is 5.88 Å². The Hall–Kier alpha value is -1.58. The maximum absolute atomic E-state index is 5.60. The molecule has 1 aromatic heterocycles. The molecular formula is C14H23N3O. The average molecular weight is 249 g/mol. The van der Waals surface area contributed by atoms with E-state index in [1.807, 2.05) is 12.1 Å². The maximum atomic E-state index is 5.60. The lowest BCUT2D eigenvalue weighted by atomic mass is 10.2. The molecule has 0 fully saturated rings. The summed E-state index contributed by atoms with van der Waals surface area (Å²) in [7, 11) is 0. The highest BCUT2D eigenvalue weighted by Crippen LogP contribution is 2.18. The van der Waals surface area contributed by atoms with Gasteiger partial charge in [0.05, 0.1) is 6.61 Å². The van der Waals surface area contributed by atoms with Crippen molar-refractivity contribution in [3.05, 3.63) is 24.5 Å². The average Bonchev–Trinajstić information content (AvgIpc) is 2.36. The summed E-state index contributed by atoms with van der Waals surface area (Å²) in [6, 6.07) is 1.85. The zero-order valence-corrected chi connectivity index (χ0v) is 11.6. The predicted molar refractivity (Wildman–Crippen MR) is 75.2 cm³/mol. The standard InChI is InChI=1S/C14H23N3O/c1-5-7-9-18-13-10-12(15-8-6-2)16-14(17-13)11(3)4/h5,10-11H,1,6-9H2,2-4H3,(H,15,16,17). The Bertz CT molecular complexity index is 377. The van der Waals surface area contributed by atoms with Gasteiger partial charge in [-0.2, -0.15) is 4.98 Å². The molecule has 0 unspecified atom stereocenters. The molecule has 0 radical (unpaired) electrons. The van der Waals surface area contributed by atoms with E-state index in [0.717, 1.165) is 31.0 Å².